The molecule has 0 spiro atoms. The largest absolute Gasteiger partial charge is 0.389 e. The number of halogens is 3. The van der Waals surface area contributed by atoms with E-state index >= 15 is 0 Å². The second kappa shape index (κ2) is 9.20. The minimum atomic E-state index is -4.08. The Morgan fingerprint density at radius 1 is 1.00 bits per heavy atom. The lowest BCUT2D eigenvalue weighted by atomic mass is 9.90. The highest BCUT2D eigenvalue weighted by Gasteiger charge is 2.36. The van der Waals surface area contributed by atoms with Gasteiger partial charge in [0.1, 0.15) is 0 Å². The van der Waals surface area contributed by atoms with Gasteiger partial charge in [0, 0.05) is 51.2 Å². The lowest BCUT2D eigenvalue weighted by molar-refractivity contribution is -0.150. The molecule has 0 saturated carbocycles. The summed E-state index contributed by atoms with van der Waals surface area (Å²) in [6.07, 6.45) is -2.00. The number of nitrogens with one attached hydrogen (secondary N) is 3. The van der Waals surface area contributed by atoms with Crippen LogP contribution in [-0.4, -0.2) is 69.0 Å². The molecule has 0 amide bonds. The third-order valence-electron chi connectivity index (χ3n) is 5.11. The van der Waals surface area contributed by atoms with Crippen molar-refractivity contribution < 1.29 is 13.2 Å². The van der Waals surface area contributed by atoms with E-state index in [4.69, 9.17) is 0 Å². The van der Waals surface area contributed by atoms with E-state index in [2.05, 4.69) is 20.9 Å². The van der Waals surface area contributed by atoms with Crippen LogP contribution in [0.5, 0.6) is 0 Å². The first-order valence-corrected chi connectivity index (χ1v) is 8.91. The number of rotatable bonds is 1. The third kappa shape index (κ3) is 6.95. The molecule has 2 saturated heterocycles. The summed E-state index contributed by atoms with van der Waals surface area (Å²) in [5.41, 5.74) is 0. The highest BCUT2D eigenvalue weighted by atomic mass is 19.4. The summed E-state index contributed by atoms with van der Waals surface area (Å²) >= 11 is 0. The Kier molecular flexibility index (Phi) is 7.59. The Hall–Kier alpha value is -0.370. The number of hydrogen-bond acceptors (Lipinski definition) is 4. The molecule has 2 aliphatic rings. The Balaban J connectivity index is 2.00. The second-order valence-electron chi connectivity index (χ2n) is 6.90. The summed E-state index contributed by atoms with van der Waals surface area (Å²) in [4.78, 5) is 2.26. The van der Waals surface area contributed by atoms with Crippen LogP contribution in [0.25, 0.3) is 0 Å². The molecular formula is C16H31F3N4. The maximum absolute atomic E-state index is 13.0. The minimum Gasteiger partial charge on any atom is -0.315 e. The lowest BCUT2D eigenvalue weighted by Gasteiger charge is -2.41. The van der Waals surface area contributed by atoms with Crippen LogP contribution in [-0.2, 0) is 0 Å². The molecule has 4 nitrogen and oxygen atoms in total. The van der Waals surface area contributed by atoms with Crippen LogP contribution >= 0.6 is 0 Å². The maximum Gasteiger partial charge on any atom is 0.389 e. The molecule has 2 fully saturated rings. The van der Waals surface area contributed by atoms with Gasteiger partial charge in [0.15, 0.2) is 0 Å². The van der Waals surface area contributed by atoms with E-state index in [1.807, 2.05) is 6.92 Å². The van der Waals surface area contributed by atoms with Gasteiger partial charge in [0.05, 0.1) is 0 Å². The number of nitrogens with zero attached hydrogens (tertiary/aromatic N) is 1. The van der Waals surface area contributed by atoms with Gasteiger partial charge >= 0.3 is 6.18 Å². The Bertz CT molecular complexity index is 338. The molecule has 0 aromatic carbocycles. The van der Waals surface area contributed by atoms with Crippen molar-refractivity contribution in [3.63, 3.8) is 0 Å². The first kappa shape index (κ1) is 19.0. The van der Waals surface area contributed by atoms with E-state index in [1.165, 1.54) is 0 Å². The molecule has 0 aromatic rings. The van der Waals surface area contributed by atoms with E-state index < -0.39 is 12.6 Å². The normalized spacial score (nSPS) is 35.5. The average molecular weight is 336 g/mol. The zero-order chi connectivity index (χ0) is 16.7. The van der Waals surface area contributed by atoms with E-state index in [0.29, 0.717) is 19.0 Å². The minimum absolute atomic E-state index is 0.0240. The highest BCUT2D eigenvalue weighted by molar-refractivity contribution is 4.85. The highest BCUT2D eigenvalue weighted by Crippen LogP contribution is 2.31. The fraction of sp³-hybridized carbons (Fsp3) is 1.00. The van der Waals surface area contributed by atoms with Crippen LogP contribution in [0.1, 0.15) is 32.6 Å². The van der Waals surface area contributed by atoms with Crippen molar-refractivity contribution in [2.75, 3.05) is 45.8 Å². The molecule has 136 valence electrons. The van der Waals surface area contributed by atoms with Crippen LogP contribution < -0.4 is 16.0 Å². The van der Waals surface area contributed by atoms with Crippen molar-refractivity contribution >= 4 is 0 Å². The molecule has 3 N–H and O–H groups in total. The smallest absolute Gasteiger partial charge is 0.315 e. The van der Waals surface area contributed by atoms with Crippen LogP contribution in [0, 0.1) is 5.92 Å². The molecule has 0 aromatic heterocycles. The Morgan fingerprint density at radius 3 is 2.43 bits per heavy atom. The van der Waals surface area contributed by atoms with Crippen molar-refractivity contribution in [3.8, 4) is 0 Å². The van der Waals surface area contributed by atoms with Gasteiger partial charge in [-0.1, -0.05) is 0 Å². The molecule has 2 heterocycles. The summed E-state index contributed by atoms with van der Waals surface area (Å²) in [5, 5.41) is 10.2. The fourth-order valence-corrected chi connectivity index (χ4v) is 3.73. The van der Waals surface area contributed by atoms with Gasteiger partial charge < -0.3 is 16.0 Å². The predicted molar refractivity (Wildman–Crippen MR) is 86.6 cm³/mol. The Labute approximate surface area is 137 Å². The number of fused-ring (bicyclic) bond motifs is 2. The third-order valence-corrected chi connectivity index (χ3v) is 5.11. The first-order chi connectivity index (χ1) is 11.0. The van der Waals surface area contributed by atoms with E-state index in [0.717, 1.165) is 52.1 Å². The first-order valence-electron chi connectivity index (χ1n) is 8.91. The van der Waals surface area contributed by atoms with Crippen molar-refractivity contribution in [3.05, 3.63) is 0 Å². The zero-order valence-electron chi connectivity index (χ0n) is 14.1. The molecule has 0 radical (unpaired) electrons. The summed E-state index contributed by atoms with van der Waals surface area (Å²) in [7, 11) is 0. The van der Waals surface area contributed by atoms with Crippen molar-refractivity contribution in [2.24, 2.45) is 5.92 Å². The van der Waals surface area contributed by atoms with Gasteiger partial charge in [-0.05, 0) is 45.2 Å². The van der Waals surface area contributed by atoms with E-state index in [9.17, 15) is 13.2 Å². The van der Waals surface area contributed by atoms with Crippen LogP contribution in [0.2, 0.25) is 0 Å². The average Bonchev–Trinajstić information content (AvgIpc) is 2.50. The summed E-state index contributed by atoms with van der Waals surface area (Å²) in [6, 6.07) is 0.379. The van der Waals surface area contributed by atoms with Crippen LogP contribution in [0.3, 0.4) is 0 Å². The molecule has 23 heavy (non-hydrogen) atoms. The monoisotopic (exact) mass is 336 g/mol. The van der Waals surface area contributed by atoms with Crippen molar-refractivity contribution in [1.82, 2.24) is 20.9 Å². The fourth-order valence-electron chi connectivity index (χ4n) is 3.73. The van der Waals surface area contributed by atoms with E-state index in [1.54, 1.807) is 0 Å². The van der Waals surface area contributed by atoms with Crippen molar-refractivity contribution in [2.45, 2.75) is 50.9 Å². The summed E-state index contributed by atoms with van der Waals surface area (Å²) in [5.74, 6) is -0.336. The second-order valence-corrected chi connectivity index (χ2v) is 6.90. The van der Waals surface area contributed by atoms with Crippen molar-refractivity contribution in [1.29, 1.82) is 0 Å². The van der Waals surface area contributed by atoms with Gasteiger partial charge in [-0.3, -0.25) is 4.90 Å². The number of piperidine rings is 1. The zero-order valence-corrected chi connectivity index (χ0v) is 14.1. The molecule has 2 rings (SSSR count). The summed E-state index contributed by atoms with van der Waals surface area (Å²) in [6.45, 7) is 7.93. The maximum atomic E-state index is 13.0. The predicted octanol–water partition coefficient (Wildman–Crippen LogP) is 1.58. The SMILES string of the molecule is CC1C(CC(F)(F)F)CCNCCNCCNC2CCCN1C2. The summed E-state index contributed by atoms with van der Waals surface area (Å²) < 4.78 is 38.9. The van der Waals surface area contributed by atoms with Crippen LogP contribution in [0.4, 0.5) is 13.2 Å². The lowest BCUT2D eigenvalue weighted by Crippen LogP contribution is -2.52. The van der Waals surface area contributed by atoms with E-state index in [-0.39, 0.29) is 12.0 Å². The topological polar surface area (TPSA) is 39.3 Å². The molecule has 7 heteroatoms. The van der Waals surface area contributed by atoms with Crippen LogP contribution in [0.15, 0.2) is 0 Å². The van der Waals surface area contributed by atoms with Gasteiger partial charge in [-0.25, -0.2) is 0 Å². The number of hydrogen-bond donors (Lipinski definition) is 3. The van der Waals surface area contributed by atoms with Gasteiger partial charge in [-0.15, -0.1) is 0 Å². The molecule has 4 unspecified atom stereocenters. The Morgan fingerprint density at radius 2 is 1.70 bits per heavy atom. The molecule has 2 bridgehead atoms. The molecule has 2 aliphatic heterocycles. The van der Waals surface area contributed by atoms with Gasteiger partial charge in [0.25, 0.3) is 0 Å². The quantitative estimate of drug-likeness (QED) is 0.680. The van der Waals surface area contributed by atoms with Gasteiger partial charge in [0.2, 0.25) is 0 Å². The van der Waals surface area contributed by atoms with Gasteiger partial charge in [-0.2, -0.15) is 13.2 Å². The molecule has 0 aliphatic carbocycles. The number of alkyl halides is 3. The molecular weight excluding hydrogens is 305 g/mol. The standard InChI is InChI=1S/C16H31F3N4/c1-13-14(11-16(17,18)19)4-5-20-6-7-21-8-9-22-15-3-2-10-23(13)12-15/h13-15,20-22H,2-12H2,1H3. The molecule has 4 atom stereocenters.